The molecule has 1 rings (SSSR count). The number of benzene rings is 1. The highest BCUT2D eigenvalue weighted by Gasteiger charge is 2.17. The second-order valence-corrected chi connectivity index (χ2v) is 4.77. The van der Waals surface area contributed by atoms with Crippen LogP contribution in [-0.4, -0.2) is 11.1 Å². The third-order valence-corrected chi connectivity index (χ3v) is 3.24. The molecule has 0 spiro atoms. The Hall–Kier alpha value is -0.660. The fourth-order valence-electron chi connectivity index (χ4n) is 0.803. The summed E-state index contributed by atoms with van der Waals surface area (Å²) < 4.78 is 23.7. The zero-order valence-corrected chi connectivity index (χ0v) is 7.30. The molecule has 65 valence electrons. The van der Waals surface area contributed by atoms with E-state index in [1.54, 1.807) is 0 Å². The van der Waals surface area contributed by atoms with Crippen molar-refractivity contribution < 1.29 is 13.8 Å². The first-order chi connectivity index (χ1) is 5.56. The zero-order valence-electron chi connectivity index (χ0n) is 6.40. The smallest absolute Gasteiger partial charge is 0.229 e. The molecule has 1 atom stereocenters. The van der Waals surface area contributed by atoms with Crippen LogP contribution in [0.15, 0.2) is 24.3 Å². The topological polar surface area (TPSA) is 37.3 Å². The standard InChI is InChI=1S/C8H9FO2P/c1-2-12(10,11)8-5-3-7(9)4-6-8/h3-6H,1-2H2,(H,10,11). The highest BCUT2D eigenvalue weighted by atomic mass is 31.2. The van der Waals surface area contributed by atoms with Crippen molar-refractivity contribution in [2.75, 3.05) is 6.16 Å². The van der Waals surface area contributed by atoms with E-state index in [9.17, 15) is 13.8 Å². The van der Waals surface area contributed by atoms with Crippen molar-refractivity contribution in [1.82, 2.24) is 0 Å². The van der Waals surface area contributed by atoms with Crippen molar-refractivity contribution in [1.29, 1.82) is 0 Å². The second-order valence-electron chi connectivity index (χ2n) is 2.40. The minimum Gasteiger partial charge on any atom is -0.341 e. The molecule has 0 aliphatic heterocycles. The Morgan fingerprint density at radius 1 is 1.42 bits per heavy atom. The van der Waals surface area contributed by atoms with Crippen LogP contribution >= 0.6 is 7.37 Å². The molecule has 0 fully saturated rings. The molecule has 1 N–H and O–H groups in total. The number of hydrogen-bond donors (Lipinski definition) is 1. The molecule has 0 heterocycles. The van der Waals surface area contributed by atoms with E-state index in [-0.39, 0.29) is 11.5 Å². The molecule has 0 aliphatic carbocycles. The van der Waals surface area contributed by atoms with E-state index in [0.29, 0.717) is 0 Å². The highest BCUT2D eigenvalue weighted by Crippen LogP contribution is 2.37. The van der Waals surface area contributed by atoms with Crippen LogP contribution in [0.3, 0.4) is 0 Å². The fourth-order valence-corrected chi connectivity index (χ4v) is 1.68. The van der Waals surface area contributed by atoms with Gasteiger partial charge in [0, 0.05) is 11.5 Å². The van der Waals surface area contributed by atoms with E-state index in [0.717, 1.165) is 12.1 Å². The normalized spacial score (nSPS) is 15.6. The lowest BCUT2D eigenvalue weighted by Gasteiger charge is -2.07. The molecule has 0 saturated carbocycles. The monoisotopic (exact) mass is 187 g/mol. The van der Waals surface area contributed by atoms with Gasteiger partial charge in [0.05, 0.1) is 0 Å². The summed E-state index contributed by atoms with van der Waals surface area (Å²) in [5, 5.41) is 0.249. The molecule has 0 bridgehead atoms. The molecular formula is C8H9FO2P. The fraction of sp³-hybridized carbons (Fsp3) is 0.125. The van der Waals surface area contributed by atoms with Gasteiger partial charge in [-0.3, -0.25) is 4.57 Å². The van der Waals surface area contributed by atoms with Crippen LogP contribution in [0.25, 0.3) is 0 Å². The largest absolute Gasteiger partial charge is 0.341 e. The maximum Gasteiger partial charge on any atom is 0.229 e. The summed E-state index contributed by atoms with van der Waals surface area (Å²) in [6.45, 7) is 3.35. The molecule has 4 heteroatoms. The molecule has 12 heavy (non-hydrogen) atoms. The Morgan fingerprint density at radius 3 is 2.33 bits per heavy atom. The quantitative estimate of drug-likeness (QED) is 0.713. The summed E-state index contributed by atoms with van der Waals surface area (Å²) in [5.74, 6) is -0.414. The van der Waals surface area contributed by atoms with E-state index in [1.165, 1.54) is 12.1 Å². The van der Waals surface area contributed by atoms with Gasteiger partial charge in [-0.25, -0.2) is 4.39 Å². The molecule has 1 radical (unpaired) electrons. The molecule has 1 aromatic carbocycles. The van der Waals surface area contributed by atoms with Crippen molar-refractivity contribution in [3.8, 4) is 0 Å². The van der Waals surface area contributed by atoms with Crippen molar-refractivity contribution in [2.45, 2.75) is 0 Å². The average molecular weight is 187 g/mol. The van der Waals surface area contributed by atoms with E-state index >= 15 is 0 Å². The molecular weight excluding hydrogens is 178 g/mol. The molecule has 0 amide bonds. The molecule has 1 unspecified atom stereocenters. The summed E-state index contributed by atoms with van der Waals surface area (Å²) >= 11 is 0. The minimum atomic E-state index is -3.32. The summed E-state index contributed by atoms with van der Waals surface area (Å²) in [6, 6.07) is 4.93. The Morgan fingerprint density at radius 2 is 1.92 bits per heavy atom. The van der Waals surface area contributed by atoms with Crippen LogP contribution in [0, 0.1) is 12.7 Å². The average Bonchev–Trinajstić information content (AvgIpc) is 2.05. The van der Waals surface area contributed by atoms with Crippen LogP contribution in [0.2, 0.25) is 0 Å². The molecule has 1 aromatic rings. The molecule has 2 nitrogen and oxygen atoms in total. The van der Waals surface area contributed by atoms with E-state index in [2.05, 4.69) is 6.92 Å². The summed E-state index contributed by atoms with van der Waals surface area (Å²) in [6.07, 6.45) is -0.0708. The Kier molecular flexibility index (Phi) is 2.65. The van der Waals surface area contributed by atoms with Gasteiger partial charge in [0.1, 0.15) is 5.82 Å². The molecule has 0 aromatic heterocycles. The summed E-state index contributed by atoms with van der Waals surface area (Å²) in [4.78, 5) is 9.26. The maximum atomic E-state index is 12.4. The second kappa shape index (κ2) is 3.38. The Bertz CT molecular complexity index is 307. The van der Waals surface area contributed by atoms with Gasteiger partial charge in [-0.15, -0.1) is 0 Å². The van der Waals surface area contributed by atoms with Crippen LogP contribution in [0.1, 0.15) is 0 Å². The van der Waals surface area contributed by atoms with Gasteiger partial charge in [-0.05, 0) is 31.2 Å². The molecule has 0 aliphatic rings. The minimum absolute atomic E-state index is 0.0708. The Balaban J connectivity index is 3.05. The predicted molar refractivity (Wildman–Crippen MR) is 46.1 cm³/mol. The summed E-state index contributed by atoms with van der Waals surface area (Å²) in [5.41, 5.74) is 0. The van der Waals surface area contributed by atoms with Crippen molar-refractivity contribution >= 4 is 12.7 Å². The highest BCUT2D eigenvalue weighted by molar-refractivity contribution is 7.66. The first kappa shape index (κ1) is 9.43. The van der Waals surface area contributed by atoms with Gasteiger partial charge in [0.25, 0.3) is 0 Å². The van der Waals surface area contributed by atoms with Gasteiger partial charge in [0.15, 0.2) is 0 Å². The van der Waals surface area contributed by atoms with Gasteiger partial charge in [0.2, 0.25) is 7.37 Å². The first-order valence-corrected chi connectivity index (χ1v) is 5.28. The predicted octanol–water partition coefficient (Wildman–Crippen LogP) is 1.56. The first-order valence-electron chi connectivity index (χ1n) is 3.43. The van der Waals surface area contributed by atoms with E-state index in [1.807, 2.05) is 0 Å². The number of hydrogen-bond acceptors (Lipinski definition) is 1. The van der Waals surface area contributed by atoms with Crippen molar-refractivity contribution in [2.24, 2.45) is 0 Å². The van der Waals surface area contributed by atoms with Gasteiger partial charge < -0.3 is 4.89 Å². The Labute approximate surface area is 70.5 Å². The third kappa shape index (κ3) is 1.93. The SMILES string of the molecule is [CH2]CP(=O)(O)c1ccc(F)cc1. The van der Waals surface area contributed by atoms with Crippen LogP contribution in [0.5, 0.6) is 0 Å². The van der Waals surface area contributed by atoms with E-state index < -0.39 is 13.2 Å². The van der Waals surface area contributed by atoms with Crippen LogP contribution in [-0.2, 0) is 4.57 Å². The lowest BCUT2D eigenvalue weighted by atomic mass is 10.4. The summed E-state index contributed by atoms with van der Waals surface area (Å²) in [7, 11) is -3.32. The lowest BCUT2D eigenvalue weighted by molar-refractivity contribution is 0.493. The van der Waals surface area contributed by atoms with Crippen LogP contribution in [0.4, 0.5) is 4.39 Å². The van der Waals surface area contributed by atoms with Gasteiger partial charge in [-0.2, -0.15) is 0 Å². The van der Waals surface area contributed by atoms with Crippen LogP contribution < -0.4 is 5.30 Å². The van der Waals surface area contributed by atoms with E-state index in [4.69, 9.17) is 0 Å². The third-order valence-electron chi connectivity index (χ3n) is 1.53. The van der Waals surface area contributed by atoms with Gasteiger partial charge in [-0.1, -0.05) is 0 Å². The zero-order chi connectivity index (χ0) is 9.19. The lowest BCUT2D eigenvalue weighted by Crippen LogP contribution is -2.05. The van der Waals surface area contributed by atoms with Gasteiger partial charge >= 0.3 is 0 Å². The van der Waals surface area contributed by atoms with Crippen molar-refractivity contribution in [3.63, 3.8) is 0 Å². The number of halogens is 1. The molecule has 0 saturated heterocycles. The van der Waals surface area contributed by atoms with Crippen molar-refractivity contribution in [3.05, 3.63) is 37.0 Å². The number of rotatable bonds is 2. The maximum absolute atomic E-state index is 12.4.